The van der Waals surface area contributed by atoms with Gasteiger partial charge in [0.25, 0.3) is 5.89 Å². The van der Waals surface area contributed by atoms with E-state index in [1.54, 1.807) is 7.11 Å². The van der Waals surface area contributed by atoms with E-state index in [2.05, 4.69) is 15.5 Å². The lowest BCUT2D eigenvalue weighted by Crippen LogP contribution is -2.27. The highest BCUT2D eigenvalue weighted by Crippen LogP contribution is 2.27. The quantitative estimate of drug-likeness (QED) is 0.809. The Morgan fingerprint density at radius 1 is 1.47 bits per heavy atom. The summed E-state index contributed by atoms with van der Waals surface area (Å²) in [6.07, 6.45) is 6.16. The smallest absolute Gasteiger partial charge is 0.252 e. The molecule has 1 saturated carbocycles. The summed E-state index contributed by atoms with van der Waals surface area (Å²) in [5, 5.41) is 6.72. The molecule has 106 valence electrons. The van der Waals surface area contributed by atoms with Gasteiger partial charge in [0, 0.05) is 26.5 Å². The number of amides is 1. The molecule has 0 spiro atoms. The fourth-order valence-corrected chi connectivity index (χ4v) is 2.44. The molecule has 1 aliphatic rings. The molecule has 19 heavy (non-hydrogen) atoms. The third kappa shape index (κ3) is 4.63. The zero-order valence-electron chi connectivity index (χ0n) is 11.4. The maximum atomic E-state index is 11.7. The number of ether oxygens (including phenoxy) is 1. The minimum absolute atomic E-state index is 0.132. The van der Waals surface area contributed by atoms with E-state index in [0.717, 1.165) is 0 Å². The largest absolute Gasteiger partial charge is 0.375 e. The molecule has 1 amide bonds. The number of aromatic nitrogens is 2. The molecule has 1 aliphatic carbocycles. The number of nitrogens with zero attached hydrogens (tertiary/aromatic N) is 2. The summed E-state index contributed by atoms with van der Waals surface area (Å²) < 4.78 is 9.86. The van der Waals surface area contributed by atoms with Crippen LogP contribution in [-0.4, -0.2) is 29.7 Å². The van der Waals surface area contributed by atoms with E-state index in [9.17, 15) is 4.79 Å². The fourth-order valence-electron chi connectivity index (χ4n) is 2.44. The molecule has 0 saturated heterocycles. The third-order valence-electron chi connectivity index (χ3n) is 3.40. The van der Waals surface area contributed by atoms with E-state index in [4.69, 9.17) is 9.26 Å². The fraction of sp³-hybridized carbons (Fsp3) is 0.769. The Kier molecular flexibility index (Phi) is 5.32. The Balaban J connectivity index is 1.63. The lowest BCUT2D eigenvalue weighted by atomic mass is 10.0. The molecule has 1 aromatic heterocycles. The molecule has 1 aromatic rings. The van der Waals surface area contributed by atoms with Crippen molar-refractivity contribution in [1.29, 1.82) is 0 Å². The molecular weight excluding hydrogens is 246 g/mol. The van der Waals surface area contributed by atoms with Crippen molar-refractivity contribution in [2.75, 3.05) is 13.7 Å². The molecule has 0 radical (unpaired) electrons. The van der Waals surface area contributed by atoms with Gasteiger partial charge in [-0.05, 0) is 18.8 Å². The first-order valence-electron chi connectivity index (χ1n) is 6.85. The van der Waals surface area contributed by atoms with Crippen LogP contribution in [0.25, 0.3) is 0 Å². The molecule has 2 rings (SSSR count). The van der Waals surface area contributed by atoms with Gasteiger partial charge in [-0.25, -0.2) is 0 Å². The topological polar surface area (TPSA) is 77.2 Å². The highest BCUT2D eigenvalue weighted by atomic mass is 16.5. The minimum atomic E-state index is 0.132. The average Bonchev–Trinajstić information content (AvgIpc) is 3.02. The van der Waals surface area contributed by atoms with Crippen LogP contribution >= 0.6 is 0 Å². The van der Waals surface area contributed by atoms with Gasteiger partial charge in [0.2, 0.25) is 5.91 Å². The van der Waals surface area contributed by atoms with Crippen LogP contribution in [0.2, 0.25) is 0 Å². The first kappa shape index (κ1) is 14.0. The molecule has 1 heterocycles. The predicted octanol–water partition coefficient (Wildman–Crippen LogP) is 1.45. The second kappa shape index (κ2) is 7.23. The van der Waals surface area contributed by atoms with Crippen LogP contribution < -0.4 is 5.32 Å². The number of hydrogen-bond acceptors (Lipinski definition) is 5. The van der Waals surface area contributed by atoms with Gasteiger partial charge in [-0.3, -0.25) is 4.79 Å². The zero-order chi connectivity index (χ0) is 13.5. The summed E-state index contributed by atoms with van der Waals surface area (Å²) >= 11 is 0. The Bertz CT molecular complexity index is 400. The van der Waals surface area contributed by atoms with Gasteiger partial charge in [0.1, 0.15) is 6.61 Å². The first-order chi connectivity index (χ1) is 9.28. The lowest BCUT2D eigenvalue weighted by molar-refractivity contribution is -0.121. The van der Waals surface area contributed by atoms with E-state index < -0.39 is 0 Å². The Labute approximate surface area is 112 Å². The molecular formula is C13H21N3O3. The summed E-state index contributed by atoms with van der Waals surface area (Å²) in [5.41, 5.74) is 0. The van der Waals surface area contributed by atoms with Crippen LogP contribution in [-0.2, 0) is 22.6 Å². The predicted molar refractivity (Wildman–Crippen MR) is 68.3 cm³/mol. The van der Waals surface area contributed by atoms with Crippen molar-refractivity contribution in [3.05, 3.63) is 11.7 Å². The van der Waals surface area contributed by atoms with Gasteiger partial charge < -0.3 is 14.6 Å². The van der Waals surface area contributed by atoms with Crippen LogP contribution in [0.15, 0.2) is 4.52 Å². The summed E-state index contributed by atoms with van der Waals surface area (Å²) in [6.45, 7) is 0.874. The third-order valence-corrected chi connectivity index (χ3v) is 3.40. The van der Waals surface area contributed by atoms with Gasteiger partial charge in [0.05, 0.1) is 0 Å². The Morgan fingerprint density at radius 3 is 3.00 bits per heavy atom. The van der Waals surface area contributed by atoms with Crippen LogP contribution in [0.5, 0.6) is 0 Å². The second-order valence-electron chi connectivity index (χ2n) is 4.99. The van der Waals surface area contributed by atoms with Gasteiger partial charge in [-0.15, -0.1) is 0 Å². The molecule has 6 nitrogen and oxygen atoms in total. The number of carbonyl (C=O) groups excluding carboxylic acids is 1. The Hall–Kier alpha value is -1.43. The van der Waals surface area contributed by atoms with Crippen molar-refractivity contribution in [2.24, 2.45) is 5.92 Å². The van der Waals surface area contributed by atoms with Crippen molar-refractivity contribution in [2.45, 2.75) is 45.1 Å². The summed E-state index contributed by atoms with van der Waals surface area (Å²) in [5.74, 6) is 1.79. The van der Waals surface area contributed by atoms with Crippen LogP contribution in [0.4, 0.5) is 0 Å². The number of rotatable bonds is 7. The van der Waals surface area contributed by atoms with E-state index in [0.29, 0.717) is 43.6 Å². The summed E-state index contributed by atoms with van der Waals surface area (Å²) in [4.78, 5) is 15.8. The highest BCUT2D eigenvalue weighted by Gasteiger charge is 2.18. The molecule has 0 atom stereocenters. The van der Waals surface area contributed by atoms with Crippen LogP contribution in [0.3, 0.4) is 0 Å². The number of hydrogen-bond donors (Lipinski definition) is 1. The molecule has 1 fully saturated rings. The molecule has 0 unspecified atom stereocenters. The van der Waals surface area contributed by atoms with E-state index in [1.165, 1.54) is 25.7 Å². The van der Waals surface area contributed by atoms with E-state index in [-0.39, 0.29) is 5.91 Å². The van der Waals surface area contributed by atoms with E-state index in [1.807, 2.05) is 0 Å². The van der Waals surface area contributed by atoms with Crippen LogP contribution in [0, 0.1) is 5.92 Å². The van der Waals surface area contributed by atoms with Crippen molar-refractivity contribution < 1.29 is 14.1 Å². The maximum Gasteiger partial charge on any atom is 0.252 e. The summed E-state index contributed by atoms with van der Waals surface area (Å²) in [7, 11) is 1.58. The van der Waals surface area contributed by atoms with Gasteiger partial charge in [-0.2, -0.15) is 4.98 Å². The second-order valence-corrected chi connectivity index (χ2v) is 4.99. The monoisotopic (exact) mass is 267 g/mol. The minimum Gasteiger partial charge on any atom is -0.375 e. The number of methoxy groups -OCH3 is 1. The van der Waals surface area contributed by atoms with Crippen LogP contribution in [0.1, 0.15) is 43.8 Å². The number of carbonyl (C=O) groups is 1. The number of nitrogens with one attached hydrogen (secondary N) is 1. The molecule has 1 N–H and O–H groups in total. The average molecular weight is 267 g/mol. The lowest BCUT2D eigenvalue weighted by Gasteiger charge is -2.08. The van der Waals surface area contributed by atoms with E-state index >= 15 is 0 Å². The molecule has 0 aliphatic heterocycles. The maximum absolute atomic E-state index is 11.7. The van der Waals surface area contributed by atoms with Crippen molar-refractivity contribution in [3.63, 3.8) is 0 Å². The highest BCUT2D eigenvalue weighted by molar-refractivity contribution is 5.76. The summed E-state index contributed by atoms with van der Waals surface area (Å²) in [6, 6.07) is 0. The molecule has 6 heteroatoms. The van der Waals surface area contributed by atoms with Crippen molar-refractivity contribution in [3.8, 4) is 0 Å². The van der Waals surface area contributed by atoms with Gasteiger partial charge in [0.15, 0.2) is 5.82 Å². The molecule has 0 aromatic carbocycles. The van der Waals surface area contributed by atoms with Gasteiger partial charge >= 0.3 is 0 Å². The van der Waals surface area contributed by atoms with Crippen molar-refractivity contribution in [1.82, 2.24) is 15.5 Å². The zero-order valence-corrected chi connectivity index (χ0v) is 11.4. The standard InChI is InChI=1S/C13H21N3O3/c1-18-9-13-15-11(16-19-13)6-7-14-12(17)8-10-4-2-3-5-10/h10H,2-9H2,1H3,(H,14,17). The SMILES string of the molecule is COCc1nc(CCNC(=O)CC2CCCC2)no1. The van der Waals surface area contributed by atoms with Crippen molar-refractivity contribution >= 4 is 5.91 Å². The van der Waals surface area contributed by atoms with Gasteiger partial charge in [-0.1, -0.05) is 18.0 Å². The normalized spacial score (nSPS) is 15.8. The molecule has 0 bridgehead atoms. The Morgan fingerprint density at radius 2 is 2.26 bits per heavy atom. The first-order valence-corrected chi connectivity index (χ1v) is 6.85.